The second kappa shape index (κ2) is 9.66. The molecule has 0 fully saturated rings. The van der Waals surface area contributed by atoms with Crippen LogP contribution < -0.4 is 0 Å². The minimum absolute atomic E-state index is 0.0234. The zero-order chi connectivity index (χ0) is 20.8. The Bertz CT molecular complexity index is 672. The summed E-state index contributed by atoms with van der Waals surface area (Å²) in [6.45, 7) is 3.78. The van der Waals surface area contributed by atoms with Gasteiger partial charge in [0.15, 0.2) is 28.7 Å². The molecule has 0 aliphatic carbocycles. The van der Waals surface area contributed by atoms with E-state index in [4.69, 9.17) is 9.47 Å². The maximum atomic E-state index is 13.7. The second-order valence-electron chi connectivity index (χ2n) is 5.90. The smallest absolute Gasteiger partial charge is 0.323 e. The Labute approximate surface area is 153 Å². The molecule has 0 heterocycles. The van der Waals surface area contributed by atoms with Gasteiger partial charge in [-0.2, -0.15) is 0 Å². The Morgan fingerprint density at radius 3 is 1.67 bits per heavy atom. The highest BCUT2D eigenvalue weighted by molar-refractivity contribution is 5.99. The average molecular weight is 396 g/mol. The highest BCUT2D eigenvalue weighted by atomic mass is 19.2. The third kappa shape index (κ3) is 4.56. The van der Waals surface area contributed by atoms with Crippen LogP contribution in [0.4, 0.5) is 22.0 Å². The van der Waals surface area contributed by atoms with Crippen LogP contribution in [0.5, 0.6) is 0 Å². The van der Waals surface area contributed by atoms with E-state index in [2.05, 4.69) is 0 Å². The predicted molar refractivity (Wildman–Crippen MR) is 84.9 cm³/mol. The topological polar surface area (TPSA) is 52.6 Å². The van der Waals surface area contributed by atoms with Crippen molar-refractivity contribution in [2.75, 3.05) is 6.61 Å². The fourth-order valence-corrected chi connectivity index (χ4v) is 2.41. The van der Waals surface area contributed by atoms with Crippen molar-refractivity contribution in [3.8, 4) is 0 Å². The Kier molecular flexibility index (Phi) is 8.18. The molecular weight excluding hydrogens is 375 g/mol. The summed E-state index contributed by atoms with van der Waals surface area (Å²) in [5, 5.41) is 0. The van der Waals surface area contributed by atoms with E-state index in [1.54, 1.807) is 0 Å². The predicted octanol–water partition coefficient (Wildman–Crippen LogP) is 4.58. The molecule has 0 unspecified atom stereocenters. The lowest BCUT2D eigenvalue weighted by Crippen LogP contribution is -2.41. The summed E-state index contributed by atoms with van der Waals surface area (Å²) < 4.78 is 76.6. The van der Waals surface area contributed by atoms with E-state index in [1.807, 2.05) is 6.92 Å². The van der Waals surface area contributed by atoms with Gasteiger partial charge in [-0.05, 0) is 19.3 Å². The highest BCUT2D eigenvalue weighted by Crippen LogP contribution is 2.31. The molecule has 27 heavy (non-hydrogen) atoms. The molecule has 1 rings (SSSR count). The van der Waals surface area contributed by atoms with Crippen molar-refractivity contribution in [3.63, 3.8) is 0 Å². The van der Waals surface area contributed by atoms with Crippen LogP contribution >= 0.6 is 0 Å². The van der Waals surface area contributed by atoms with Gasteiger partial charge in [0.25, 0.3) is 0 Å². The maximum absolute atomic E-state index is 13.7. The molecule has 0 N–H and O–H groups in total. The summed E-state index contributed by atoms with van der Waals surface area (Å²) in [6.07, 6.45) is 1.28. The first-order valence-corrected chi connectivity index (χ1v) is 8.52. The van der Waals surface area contributed by atoms with Crippen molar-refractivity contribution < 1.29 is 41.0 Å². The number of carbonyl (C=O) groups excluding carboxylic acids is 2. The standard InChI is InChI=1S/C18H21F5O4/c1-4-7-8-26-16(24)18(5-2,6-3)17(25)27-9-10-11(19)13(21)15(23)14(22)12(10)20/h4-9H2,1-3H3. The molecular formula is C18H21F5O4. The van der Waals surface area contributed by atoms with Crippen LogP contribution in [0.15, 0.2) is 0 Å². The van der Waals surface area contributed by atoms with Gasteiger partial charge in [0, 0.05) is 0 Å². The zero-order valence-corrected chi connectivity index (χ0v) is 15.3. The van der Waals surface area contributed by atoms with Gasteiger partial charge >= 0.3 is 11.9 Å². The minimum atomic E-state index is -2.31. The van der Waals surface area contributed by atoms with Crippen LogP contribution in [0.25, 0.3) is 0 Å². The molecule has 0 amide bonds. The number of benzene rings is 1. The molecule has 152 valence electrons. The van der Waals surface area contributed by atoms with Crippen LogP contribution in [0.1, 0.15) is 52.0 Å². The first-order valence-electron chi connectivity index (χ1n) is 8.52. The van der Waals surface area contributed by atoms with Crippen LogP contribution in [0.2, 0.25) is 0 Å². The molecule has 0 saturated heterocycles. The lowest BCUT2D eigenvalue weighted by molar-refractivity contribution is -0.174. The molecule has 0 saturated carbocycles. The molecule has 0 spiro atoms. The number of esters is 2. The van der Waals surface area contributed by atoms with E-state index in [1.165, 1.54) is 13.8 Å². The summed E-state index contributed by atoms with van der Waals surface area (Å²) in [5.74, 6) is -12.8. The third-order valence-corrected chi connectivity index (χ3v) is 4.37. The van der Waals surface area contributed by atoms with E-state index in [-0.39, 0.29) is 19.4 Å². The summed E-state index contributed by atoms with van der Waals surface area (Å²) in [4.78, 5) is 24.7. The van der Waals surface area contributed by atoms with Gasteiger partial charge < -0.3 is 9.47 Å². The van der Waals surface area contributed by atoms with E-state index in [0.29, 0.717) is 6.42 Å². The van der Waals surface area contributed by atoms with E-state index in [9.17, 15) is 31.5 Å². The lowest BCUT2D eigenvalue weighted by Gasteiger charge is -2.27. The molecule has 1 aromatic rings. The van der Waals surface area contributed by atoms with Crippen LogP contribution in [-0.2, 0) is 25.7 Å². The normalized spacial score (nSPS) is 11.4. The minimum Gasteiger partial charge on any atom is -0.465 e. The van der Waals surface area contributed by atoms with Gasteiger partial charge in [0.2, 0.25) is 5.82 Å². The van der Waals surface area contributed by atoms with Crippen LogP contribution in [0, 0.1) is 34.5 Å². The van der Waals surface area contributed by atoms with Crippen molar-refractivity contribution in [1.82, 2.24) is 0 Å². The Morgan fingerprint density at radius 1 is 0.778 bits per heavy atom. The second-order valence-corrected chi connectivity index (χ2v) is 5.90. The summed E-state index contributed by atoms with van der Waals surface area (Å²) in [6, 6.07) is 0. The van der Waals surface area contributed by atoms with Gasteiger partial charge in [-0.3, -0.25) is 9.59 Å². The van der Waals surface area contributed by atoms with Crippen LogP contribution in [-0.4, -0.2) is 18.5 Å². The van der Waals surface area contributed by atoms with Crippen molar-refractivity contribution >= 4 is 11.9 Å². The molecule has 0 aliphatic heterocycles. The van der Waals surface area contributed by atoms with Crippen molar-refractivity contribution in [2.45, 2.75) is 53.1 Å². The average Bonchev–Trinajstić information content (AvgIpc) is 2.66. The number of hydrogen-bond acceptors (Lipinski definition) is 4. The summed E-state index contributed by atoms with van der Waals surface area (Å²) in [5.41, 5.74) is -3.02. The fraction of sp³-hybridized carbons (Fsp3) is 0.556. The molecule has 0 radical (unpaired) electrons. The van der Waals surface area contributed by atoms with Gasteiger partial charge in [0.05, 0.1) is 12.2 Å². The number of halogens is 5. The van der Waals surface area contributed by atoms with E-state index in [0.717, 1.165) is 6.42 Å². The number of carbonyl (C=O) groups is 2. The fourth-order valence-electron chi connectivity index (χ4n) is 2.41. The Hall–Kier alpha value is -2.19. The highest BCUT2D eigenvalue weighted by Gasteiger charge is 2.46. The lowest BCUT2D eigenvalue weighted by atomic mass is 9.82. The van der Waals surface area contributed by atoms with Crippen molar-refractivity contribution in [3.05, 3.63) is 34.6 Å². The van der Waals surface area contributed by atoms with Gasteiger partial charge in [-0.15, -0.1) is 0 Å². The Balaban J connectivity index is 3.04. The van der Waals surface area contributed by atoms with E-state index < -0.39 is 58.6 Å². The first kappa shape index (κ1) is 22.9. The number of hydrogen-bond donors (Lipinski definition) is 0. The Morgan fingerprint density at radius 2 is 1.22 bits per heavy atom. The van der Waals surface area contributed by atoms with Crippen molar-refractivity contribution in [1.29, 1.82) is 0 Å². The number of ether oxygens (including phenoxy) is 2. The van der Waals surface area contributed by atoms with Crippen molar-refractivity contribution in [2.24, 2.45) is 5.41 Å². The molecule has 9 heteroatoms. The molecule has 0 aliphatic rings. The van der Waals surface area contributed by atoms with Gasteiger partial charge in [0.1, 0.15) is 6.61 Å². The molecule has 0 atom stereocenters. The monoisotopic (exact) mass is 396 g/mol. The maximum Gasteiger partial charge on any atom is 0.323 e. The van der Waals surface area contributed by atoms with Gasteiger partial charge in [-0.25, -0.2) is 22.0 Å². The van der Waals surface area contributed by atoms with Crippen LogP contribution in [0.3, 0.4) is 0 Å². The molecule has 4 nitrogen and oxygen atoms in total. The SMILES string of the molecule is CCCCOC(=O)C(CC)(CC)C(=O)OCc1c(F)c(F)c(F)c(F)c1F. The molecule has 0 aromatic heterocycles. The quantitative estimate of drug-likeness (QED) is 0.153. The number of rotatable bonds is 9. The molecule has 0 bridgehead atoms. The molecule has 1 aromatic carbocycles. The summed E-state index contributed by atoms with van der Waals surface area (Å²) >= 11 is 0. The van der Waals surface area contributed by atoms with E-state index >= 15 is 0 Å². The zero-order valence-electron chi connectivity index (χ0n) is 15.3. The first-order chi connectivity index (χ1) is 12.7. The number of unbranched alkanes of at least 4 members (excludes halogenated alkanes) is 1. The third-order valence-electron chi connectivity index (χ3n) is 4.37. The largest absolute Gasteiger partial charge is 0.465 e. The summed E-state index contributed by atoms with van der Waals surface area (Å²) in [7, 11) is 0. The van der Waals surface area contributed by atoms with Gasteiger partial charge in [-0.1, -0.05) is 27.2 Å².